The molecule has 0 bridgehead atoms. The third-order valence-electron chi connectivity index (χ3n) is 1.92. The van der Waals surface area contributed by atoms with Crippen molar-refractivity contribution in [1.29, 1.82) is 0 Å². The minimum Gasteiger partial charge on any atom is -0.481 e. The molecule has 1 atom stereocenters. The smallest absolute Gasteiger partial charge is 0.306 e. The number of carbonyl (C=O) groups is 1. The van der Waals surface area contributed by atoms with E-state index in [1.165, 1.54) is 0 Å². The topological polar surface area (TPSA) is 37.3 Å². The average molecular weight is 204 g/mol. The first-order valence-electron chi connectivity index (χ1n) is 4.88. The molecule has 0 aromatic rings. The molecule has 1 N–H and O–H groups in total. The monoisotopic (exact) mass is 204 g/mol. The molecule has 0 aliphatic heterocycles. The highest BCUT2D eigenvalue weighted by molar-refractivity contribution is 7.99. The van der Waals surface area contributed by atoms with E-state index in [-0.39, 0.29) is 5.92 Å². The third kappa shape index (κ3) is 6.94. The van der Waals surface area contributed by atoms with Crippen LogP contribution in [0.4, 0.5) is 0 Å². The van der Waals surface area contributed by atoms with Gasteiger partial charge in [-0.05, 0) is 30.3 Å². The molecular formula is C10H20O2S. The minimum atomic E-state index is -0.634. The van der Waals surface area contributed by atoms with E-state index in [1.54, 1.807) is 0 Å². The lowest BCUT2D eigenvalue weighted by Gasteiger charge is -2.13. The average Bonchev–Trinajstić information content (AvgIpc) is 2.02. The molecule has 78 valence electrons. The fourth-order valence-electron chi connectivity index (χ4n) is 1.28. The normalized spacial score (nSPS) is 13.2. The number of hydrogen-bond acceptors (Lipinski definition) is 2. The van der Waals surface area contributed by atoms with Gasteiger partial charge in [0.2, 0.25) is 0 Å². The third-order valence-corrected chi connectivity index (χ3v) is 2.85. The van der Waals surface area contributed by atoms with E-state index in [1.807, 2.05) is 11.8 Å². The Bertz CT molecular complexity index is 146. The van der Waals surface area contributed by atoms with Crippen molar-refractivity contribution in [2.24, 2.45) is 11.8 Å². The highest BCUT2D eigenvalue weighted by Crippen LogP contribution is 2.18. The number of carboxylic acids is 1. The molecule has 0 heterocycles. The summed E-state index contributed by atoms with van der Waals surface area (Å²) in [5, 5.41) is 8.91. The zero-order valence-corrected chi connectivity index (χ0v) is 9.56. The summed E-state index contributed by atoms with van der Waals surface area (Å²) >= 11 is 1.82. The fraction of sp³-hybridized carbons (Fsp3) is 0.900. The molecule has 1 unspecified atom stereocenters. The lowest BCUT2D eigenvalue weighted by atomic mass is 9.95. The van der Waals surface area contributed by atoms with E-state index in [4.69, 9.17) is 5.11 Å². The Kier molecular flexibility index (Phi) is 7.14. The van der Waals surface area contributed by atoms with Gasteiger partial charge in [0.15, 0.2) is 0 Å². The van der Waals surface area contributed by atoms with Crippen molar-refractivity contribution >= 4 is 17.7 Å². The summed E-state index contributed by atoms with van der Waals surface area (Å²) in [5.41, 5.74) is 0. The van der Waals surface area contributed by atoms with E-state index in [9.17, 15) is 4.79 Å². The maximum Gasteiger partial charge on any atom is 0.306 e. The zero-order chi connectivity index (χ0) is 10.3. The van der Waals surface area contributed by atoms with E-state index in [2.05, 4.69) is 20.8 Å². The molecule has 0 aliphatic rings. The number of aliphatic carboxylic acids is 1. The highest BCUT2D eigenvalue weighted by atomic mass is 32.2. The van der Waals surface area contributed by atoms with Crippen LogP contribution in [0.2, 0.25) is 0 Å². The Morgan fingerprint density at radius 1 is 1.46 bits per heavy atom. The molecular weight excluding hydrogens is 184 g/mol. The molecule has 13 heavy (non-hydrogen) atoms. The molecule has 2 nitrogen and oxygen atoms in total. The maximum absolute atomic E-state index is 10.8. The number of carboxylic acid groups (broad SMARTS) is 1. The predicted octanol–water partition coefficient (Wildman–Crippen LogP) is 2.88. The first kappa shape index (κ1) is 12.8. The number of thioether (sulfide) groups is 1. The molecule has 0 saturated heterocycles. The van der Waals surface area contributed by atoms with Gasteiger partial charge in [0, 0.05) is 0 Å². The van der Waals surface area contributed by atoms with Gasteiger partial charge in [-0.25, -0.2) is 0 Å². The van der Waals surface area contributed by atoms with Crippen molar-refractivity contribution in [1.82, 2.24) is 0 Å². The Morgan fingerprint density at radius 2 is 2.08 bits per heavy atom. The summed E-state index contributed by atoms with van der Waals surface area (Å²) in [4.78, 5) is 10.8. The van der Waals surface area contributed by atoms with Crippen molar-refractivity contribution < 1.29 is 9.90 Å². The van der Waals surface area contributed by atoms with Gasteiger partial charge in [0.05, 0.1) is 5.92 Å². The molecule has 0 aromatic heterocycles. The quantitative estimate of drug-likeness (QED) is 0.648. The van der Waals surface area contributed by atoms with Crippen LogP contribution in [0.3, 0.4) is 0 Å². The fourth-order valence-corrected chi connectivity index (χ4v) is 2.02. The molecule has 0 radical (unpaired) electrons. The molecule has 0 fully saturated rings. The highest BCUT2D eigenvalue weighted by Gasteiger charge is 2.17. The van der Waals surface area contributed by atoms with Crippen LogP contribution >= 0.6 is 11.8 Å². The van der Waals surface area contributed by atoms with E-state index in [0.29, 0.717) is 5.92 Å². The summed E-state index contributed by atoms with van der Waals surface area (Å²) in [6.07, 6.45) is 1.62. The first-order valence-corrected chi connectivity index (χ1v) is 6.04. The van der Waals surface area contributed by atoms with E-state index >= 15 is 0 Å². The molecule has 0 spiro atoms. The van der Waals surface area contributed by atoms with Gasteiger partial charge < -0.3 is 5.11 Å². The summed E-state index contributed by atoms with van der Waals surface area (Å²) in [6.45, 7) is 6.24. The number of rotatable bonds is 7. The molecule has 0 amide bonds. The van der Waals surface area contributed by atoms with Crippen LogP contribution < -0.4 is 0 Å². The number of hydrogen-bond donors (Lipinski definition) is 1. The largest absolute Gasteiger partial charge is 0.481 e. The van der Waals surface area contributed by atoms with Gasteiger partial charge in [-0.3, -0.25) is 4.79 Å². The van der Waals surface area contributed by atoms with Gasteiger partial charge in [-0.2, -0.15) is 11.8 Å². The Labute approximate surface area is 85.1 Å². The van der Waals surface area contributed by atoms with Gasteiger partial charge >= 0.3 is 5.97 Å². The van der Waals surface area contributed by atoms with Crippen LogP contribution in [-0.2, 0) is 4.79 Å². The summed E-state index contributed by atoms with van der Waals surface area (Å²) in [6, 6.07) is 0. The second-order valence-corrected chi connectivity index (χ2v) is 5.04. The van der Waals surface area contributed by atoms with Crippen molar-refractivity contribution in [3.63, 3.8) is 0 Å². The van der Waals surface area contributed by atoms with Crippen molar-refractivity contribution in [3.8, 4) is 0 Å². The van der Waals surface area contributed by atoms with Gasteiger partial charge in [0.1, 0.15) is 0 Å². The molecule has 0 aromatic carbocycles. The van der Waals surface area contributed by atoms with Gasteiger partial charge in [-0.15, -0.1) is 0 Å². The van der Waals surface area contributed by atoms with E-state index in [0.717, 1.165) is 24.3 Å². The second kappa shape index (κ2) is 7.25. The predicted molar refractivity (Wildman–Crippen MR) is 58.2 cm³/mol. The van der Waals surface area contributed by atoms with Gasteiger partial charge in [0.25, 0.3) is 0 Å². The lowest BCUT2D eigenvalue weighted by molar-refractivity contribution is -0.142. The van der Waals surface area contributed by atoms with Crippen molar-refractivity contribution in [2.45, 2.75) is 33.6 Å². The molecule has 0 saturated carbocycles. The molecule has 0 rings (SSSR count). The van der Waals surface area contributed by atoms with Gasteiger partial charge in [-0.1, -0.05) is 20.8 Å². The Hall–Kier alpha value is -0.180. The first-order chi connectivity index (χ1) is 6.07. The standard InChI is InChI=1S/C10H20O2S/c1-4-13-6-5-9(10(11)12)7-8(2)3/h8-9H,4-7H2,1-3H3,(H,11,12). The van der Waals surface area contributed by atoms with Crippen LogP contribution in [0.1, 0.15) is 33.6 Å². The Balaban J connectivity index is 3.74. The van der Waals surface area contributed by atoms with Crippen molar-refractivity contribution in [2.75, 3.05) is 11.5 Å². The van der Waals surface area contributed by atoms with Crippen LogP contribution in [0.25, 0.3) is 0 Å². The summed E-state index contributed by atoms with van der Waals surface area (Å²) < 4.78 is 0. The van der Waals surface area contributed by atoms with E-state index < -0.39 is 5.97 Å². The van der Waals surface area contributed by atoms with Crippen LogP contribution in [0.15, 0.2) is 0 Å². The molecule has 0 aliphatic carbocycles. The zero-order valence-electron chi connectivity index (χ0n) is 8.75. The van der Waals surface area contributed by atoms with Crippen molar-refractivity contribution in [3.05, 3.63) is 0 Å². The minimum absolute atomic E-state index is 0.140. The molecule has 3 heteroatoms. The Morgan fingerprint density at radius 3 is 2.46 bits per heavy atom. The SMILES string of the molecule is CCSCCC(CC(C)C)C(=O)O. The maximum atomic E-state index is 10.8. The second-order valence-electron chi connectivity index (χ2n) is 3.65. The van der Waals surface area contributed by atoms with Crippen LogP contribution in [0, 0.1) is 11.8 Å². The van der Waals surface area contributed by atoms with Crippen LogP contribution in [-0.4, -0.2) is 22.6 Å². The van der Waals surface area contributed by atoms with Crippen LogP contribution in [0.5, 0.6) is 0 Å². The summed E-state index contributed by atoms with van der Waals surface area (Å²) in [5.74, 6) is 1.76. The lowest BCUT2D eigenvalue weighted by Crippen LogP contribution is -2.16. The summed E-state index contributed by atoms with van der Waals surface area (Å²) in [7, 11) is 0.